The average Bonchev–Trinajstić information content (AvgIpc) is 3.23. The van der Waals surface area contributed by atoms with Crippen molar-refractivity contribution in [1.29, 1.82) is 0 Å². The molecule has 2 aromatic rings. The first kappa shape index (κ1) is 19.1. The van der Waals surface area contributed by atoms with Gasteiger partial charge in [0, 0.05) is 13.5 Å². The van der Waals surface area contributed by atoms with Crippen LogP contribution in [0.15, 0.2) is 24.3 Å². The Balaban J connectivity index is 1.46. The lowest BCUT2D eigenvalue weighted by atomic mass is 9.73. The van der Waals surface area contributed by atoms with Gasteiger partial charge < -0.3 is 4.90 Å². The second-order valence-corrected chi connectivity index (χ2v) is 9.07. The number of likely N-dealkylation sites (tertiary alicyclic amines) is 1. The van der Waals surface area contributed by atoms with E-state index in [9.17, 15) is 14.4 Å². The number of amides is 3. The van der Waals surface area contributed by atoms with Gasteiger partial charge in [0.05, 0.1) is 21.7 Å². The van der Waals surface area contributed by atoms with E-state index in [1.165, 1.54) is 4.90 Å². The number of nitrogens with zero attached hydrogens (tertiary/aromatic N) is 3. The number of rotatable bonds is 4. The molecule has 1 spiro atoms. The molecule has 4 rings (SSSR count). The minimum atomic E-state index is -0.549. The molecule has 1 aromatic carbocycles. The second kappa shape index (κ2) is 7.28. The molecule has 0 N–H and O–H groups in total. The number of thiazole rings is 1. The van der Waals surface area contributed by atoms with E-state index in [1.807, 2.05) is 31.2 Å². The Hall–Kier alpha value is -2.28. The van der Waals surface area contributed by atoms with Gasteiger partial charge in [-0.3, -0.25) is 19.3 Å². The van der Waals surface area contributed by atoms with Crippen molar-refractivity contribution in [1.82, 2.24) is 14.8 Å². The lowest BCUT2D eigenvalue weighted by Crippen LogP contribution is -2.44. The summed E-state index contributed by atoms with van der Waals surface area (Å²) in [5.74, 6) is -0.589. The smallest absolute Gasteiger partial charge is 0.243 e. The van der Waals surface area contributed by atoms with Crippen molar-refractivity contribution >= 4 is 39.3 Å². The Labute approximate surface area is 168 Å². The van der Waals surface area contributed by atoms with Crippen molar-refractivity contribution in [3.63, 3.8) is 0 Å². The highest BCUT2D eigenvalue weighted by molar-refractivity contribution is 7.18. The van der Waals surface area contributed by atoms with Gasteiger partial charge >= 0.3 is 0 Å². The molecular weight excluding hydrogens is 374 g/mol. The fourth-order valence-electron chi connectivity index (χ4n) is 4.34. The third-order valence-electron chi connectivity index (χ3n) is 6.24. The first-order valence-electron chi connectivity index (χ1n) is 9.87. The van der Waals surface area contributed by atoms with Crippen molar-refractivity contribution in [2.75, 3.05) is 13.6 Å². The fraction of sp³-hybridized carbons (Fsp3) is 0.524. The molecule has 3 amide bonds. The van der Waals surface area contributed by atoms with Crippen LogP contribution in [0, 0.1) is 5.41 Å². The highest BCUT2D eigenvalue weighted by Gasteiger charge is 2.52. The van der Waals surface area contributed by atoms with E-state index >= 15 is 0 Å². The van der Waals surface area contributed by atoms with Crippen LogP contribution in [0.1, 0.15) is 56.5 Å². The standard InChI is InChI=1S/C21H25N3O3S/c1-14(19-22-15-8-4-5-9-16(15)28-19)23(2)18(26)13-24-17(25)12-21(20(24)27)10-6-3-7-11-21/h4-5,8-9,14H,3,6-7,10-13H2,1-2H3/t14-/m1/s1. The number of imide groups is 1. The molecule has 2 aliphatic rings. The average molecular weight is 400 g/mol. The maximum atomic E-state index is 12.9. The predicted octanol–water partition coefficient (Wildman–Crippen LogP) is 3.53. The van der Waals surface area contributed by atoms with Gasteiger partial charge in [0.2, 0.25) is 17.7 Å². The first-order valence-corrected chi connectivity index (χ1v) is 10.7. The number of fused-ring (bicyclic) bond motifs is 1. The molecule has 28 heavy (non-hydrogen) atoms. The number of hydrogen-bond acceptors (Lipinski definition) is 5. The number of hydrogen-bond donors (Lipinski definition) is 0. The van der Waals surface area contributed by atoms with Gasteiger partial charge in [0.15, 0.2) is 0 Å². The normalized spacial score (nSPS) is 20.1. The summed E-state index contributed by atoms with van der Waals surface area (Å²) in [7, 11) is 1.71. The highest BCUT2D eigenvalue weighted by Crippen LogP contribution is 2.45. The summed E-state index contributed by atoms with van der Waals surface area (Å²) in [6.45, 7) is 1.75. The largest absolute Gasteiger partial charge is 0.335 e. The molecule has 1 saturated carbocycles. The molecule has 2 fully saturated rings. The summed E-state index contributed by atoms with van der Waals surface area (Å²) >= 11 is 1.56. The van der Waals surface area contributed by atoms with E-state index in [-0.39, 0.29) is 36.7 Å². The van der Waals surface area contributed by atoms with E-state index in [0.29, 0.717) is 0 Å². The fourth-order valence-corrected chi connectivity index (χ4v) is 5.40. The number of aromatic nitrogens is 1. The summed E-state index contributed by atoms with van der Waals surface area (Å²) < 4.78 is 1.08. The zero-order valence-corrected chi connectivity index (χ0v) is 17.1. The molecule has 7 heteroatoms. The van der Waals surface area contributed by atoms with E-state index in [2.05, 4.69) is 4.98 Å². The van der Waals surface area contributed by atoms with Crippen molar-refractivity contribution < 1.29 is 14.4 Å². The molecular formula is C21H25N3O3S. The summed E-state index contributed by atoms with van der Waals surface area (Å²) in [4.78, 5) is 45.7. The van der Waals surface area contributed by atoms with Crippen LogP contribution in [0.3, 0.4) is 0 Å². The molecule has 1 atom stereocenters. The van der Waals surface area contributed by atoms with Gasteiger partial charge in [-0.15, -0.1) is 11.3 Å². The van der Waals surface area contributed by atoms with Gasteiger partial charge in [0.25, 0.3) is 0 Å². The van der Waals surface area contributed by atoms with Crippen LogP contribution in [-0.4, -0.2) is 46.1 Å². The van der Waals surface area contributed by atoms with E-state index in [0.717, 1.165) is 47.3 Å². The Morgan fingerprint density at radius 2 is 1.96 bits per heavy atom. The van der Waals surface area contributed by atoms with Gasteiger partial charge in [-0.05, 0) is 31.9 Å². The third kappa shape index (κ3) is 3.21. The minimum Gasteiger partial charge on any atom is -0.335 e. The molecule has 6 nitrogen and oxygen atoms in total. The Morgan fingerprint density at radius 1 is 1.25 bits per heavy atom. The SMILES string of the molecule is C[C@H](c1nc2ccccc2s1)N(C)C(=O)CN1C(=O)CC2(CCCCC2)C1=O. The summed E-state index contributed by atoms with van der Waals surface area (Å²) in [5.41, 5.74) is 0.367. The van der Waals surface area contributed by atoms with Crippen LogP contribution in [0.4, 0.5) is 0 Å². The van der Waals surface area contributed by atoms with Crippen LogP contribution >= 0.6 is 11.3 Å². The van der Waals surface area contributed by atoms with E-state index in [4.69, 9.17) is 0 Å². The molecule has 0 bridgehead atoms. The third-order valence-corrected chi connectivity index (χ3v) is 7.44. The predicted molar refractivity (Wildman–Crippen MR) is 108 cm³/mol. The van der Waals surface area contributed by atoms with E-state index < -0.39 is 5.41 Å². The quantitative estimate of drug-likeness (QED) is 0.738. The highest BCUT2D eigenvalue weighted by atomic mass is 32.1. The van der Waals surface area contributed by atoms with Crippen molar-refractivity contribution in [3.8, 4) is 0 Å². The maximum Gasteiger partial charge on any atom is 0.243 e. The summed E-state index contributed by atoms with van der Waals surface area (Å²) in [6, 6.07) is 7.65. The first-order chi connectivity index (χ1) is 13.4. The van der Waals surface area contributed by atoms with Crippen LogP contribution < -0.4 is 0 Å². The zero-order chi connectivity index (χ0) is 19.9. The number of benzene rings is 1. The number of carbonyl (C=O) groups excluding carboxylic acids is 3. The number of carbonyl (C=O) groups is 3. The monoisotopic (exact) mass is 399 g/mol. The van der Waals surface area contributed by atoms with E-state index in [1.54, 1.807) is 23.3 Å². The molecule has 1 aromatic heterocycles. The van der Waals surface area contributed by atoms with Crippen LogP contribution in [0.25, 0.3) is 10.2 Å². The maximum absolute atomic E-state index is 12.9. The second-order valence-electron chi connectivity index (χ2n) is 8.00. The van der Waals surface area contributed by atoms with Crippen LogP contribution in [0.2, 0.25) is 0 Å². The van der Waals surface area contributed by atoms with Gasteiger partial charge in [-0.2, -0.15) is 0 Å². The van der Waals surface area contributed by atoms with Crippen molar-refractivity contribution in [2.45, 2.75) is 51.5 Å². The Bertz CT molecular complexity index is 899. The topological polar surface area (TPSA) is 70.6 Å². The lowest BCUT2D eigenvalue weighted by molar-refractivity contribution is -0.148. The van der Waals surface area contributed by atoms with Gasteiger partial charge in [-0.25, -0.2) is 4.98 Å². The van der Waals surface area contributed by atoms with Crippen LogP contribution in [0.5, 0.6) is 0 Å². The molecule has 0 radical (unpaired) electrons. The summed E-state index contributed by atoms with van der Waals surface area (Å²) in [6.07, 6.45) is 4.87. The van der Waals surface area contributed by atoms with Crippen LogP contribution in [-0.2, 0) is 14.4 Å². The lowest BCUT2D eigenvalue weighted by Gasteiger charge is -2.31. The molecule has 1 aliphatic heterocycles. The minimum absolute atomic E-state index is 0.147. The Kier molecular flexibility index (Phi) is 4.95. The van der Waals surface area contributed by atoms with Gasteiger partial charge in [0.1, 0.15) is 11.6 Å². The zero-order valence-electron chi connectivity index (χ0n) is 16.3. The van der Waals surface area contributed by atoms with Crippen molar-refractivity contribution in [3.05, 3.63) is 29.3 Å². The molecule has 1 saturated heterocycles. The van der Waals surface area contributed by atoms with Crippen molar-refractivity contribution in [2.24, 2.45) is 5.41 Å². The number of likely N-dealkylation sites (N-methyl/N-ethyl adjacent to an activating group) is 1. The number of para-hydroxylation sites is 1. The molecule has 0 unspecified atom stereocenters. The molecule has 2 heterocycles. The molecule has 148 valence electrons. The van der Waals surface area contributed by atoms with Gasteiger partial charge in [-0.1, -0.05) is 31.4 Å². The molecule has 1 aliphatic carbocycles. The summed E-state index contributed by atoms with van der Waals surface area (Å²) in [5, 5.41) is 0.847. The Morgan fingerprint density at radius 3 is 2.68 bits per heavy atom.